The van der Waals surface area contributed by atoms with Gasteiger partial charge in [-0.1, -0.05) is 0 Å². The molecule has 33 heavy (non-hydrogen) atoms. The third kappa shape index (κ3) is 5.44. The van der Waals surface area contributed by atoms with Gasteiger partial charge in [0.2, 0.25) is 0 Å². The third-order valence-electron chi connectivity index (χ3n) is 6.32. The summed E-state index contributed by atoms with van der Waals surface area (Å²) in [6.07, 6.45) is 0. The fraction of sp³-hybridized carbons (Fsp3) is 0.536. The van der Waals surface area contributed by atoms with Gasteiger partial charge in [0.1, 0.15) is 0 Å². The fourth-order valence-corrected chi connectivity index (χ4v) is 6.12. The zero-order valence-corrected chi connectivity index (χ0v) is 22.7. The van der Waals surface area contributed by atoms with E-state index in [2.05, 4.69) is 102 Å². The Hall–Kier alpha value is -1.49. The van der Waals surface area contributed by atoms with Crippen LogP contribution in [0.2, 0.25) is 0 Å². The van der Waals surface area contributed by atoms with Crippen molar-refractivity contribution >= 4 is 15.3 Å². The van der Waals surface area contributed by atoms with Crippen molar-refractivity contribution in [1.29, 1.82) is 0 Å². The van der Waals surface area contributed by atoms with Gasteiger partial charge < -0.3 is 0 Å². The van der Waals surface area contributed by atoms with Gasteiger partial charge >= 0.3 is 209 Å². The van der Waals surface area contributed by atoms with Crippen molar-refractivity contribution < 1.29 is 28.1 Å². The standard InChI is InChI=1S/C27H38N2.CHF2.Ag/c1-18(2)22-11-9-12-23(19(3)4)26(22)28-15-16-29(17-28)27-24(20(5)6)13-10-14-25(27)21(7)8;2-1-3;/h9-14,18-21H,15-16H2,1-8H3;1H;/q;;-2. The normalized spacial score (nSPS) is 14.9. The molecule has 0 atom stereocenters. The van der Waals surface area contributed by atoms with Gasteiger partial charge in [0.05, 0.1) is 0 Å². The number of nitrogens with zero attached hydrogens (tertiary/aromatic N) is 2. The monoisotopic (exact) mass is 548 g/mol. The molecular weight excluding hydrogens is 510 g/mol. The van der Waals surface area contributed by atoms with Crippen molar-refractivity contribution in [2.45, 2.75) is 83.7 Å². The van der Waals surface area contributed by atoms with E-state index in [0.29, 0.717) is 23.7 Å². The minimum absolute atomic E-state index is 0.318. The predicted octanol–water partition coefficient (Wildman–Crippen LogP) is 7.90. The topological polar surface area (TPSA) is 6.48 Å². The van der Waals surface area contributed by atoms with E-state index < -0.39 is 23.9 Å². The second kappa shape index (κ2) is 10.8. The molecule has 0 amide bonds. The molecule has 1 saturated heterocycles. The van der Waals surface area contributed by atoms with Crippen LogP contribution >= 0.6 is 0 Å². The zero-order valence-electron chi connectivity index (χ0n) is 21.2. The number of halogens is 2. The Morgan fingerprint density at radius 3 is 1.15 bits per heavy atom. The van der Waals surface area contributed by atoms with E-state index in [1.54, 1.807) is 0 Å². The van der Waals surface area contributed by atoms with Crippen molar-refractivity contribution in [3.05, 3.63) is 58.7 Å². The van der Waals surface area contributed by atoms with E-state index in [-0.39, 0.29) is 0 Å². The van der Waals surface area contributed by atoms with Crippen molar-refractivity contribution in [1.82, 2.24) is 0 Å². The molecule has 0 aliphatic carbocycles. The number of para-hydroxylation sites is 2. The molecule has 0 spiro atoms. The molecule has 3 rings (SSSR count). The van der Waals surface area contributed by atoms with Gasteiger partial charge in [0.15, 0.2) is 0 Å². The van der Waals surface area contributed by atoms with Crippen LogP contribution in [-0.4, -0.2) is 21.7 Å². The van der Waals surface area contributed by atoms with Gasteiger partial charge in [-0.25, -0.2) is 0 Å². The molecule has 0 aromatic heterocycles. The average molecular weight is 549 g/mol. The average Bonchev–Trinajstić information content (AvgIpc) is 3.14. The summed E-state index contributed by atoms with van der Waals surface area (Å²) >= 11 is -0.576. The molecule has 2 aromatic carbocycles. The number of alkyl halides is 2. The second-order valence-electron chi connectivity index (χ2n) is 10.0. The first-order chi connectivity index (χ1) is 15.5. The Morgan fingerprint density at radius 1 is 0.606 bits per heavy atom. The van der Waals surface area contributed by atoms with Crippen LogP contribution in [0.1, 0.15) is 101 Å². The molecule has 0 radical (unpaired) electrons. The summed E-state index contributed by atoms with van der Waals surface area (Å²) in [5, 5.41) is 0. The first-order valence-corrected chi connectivity index (χ1v) is 13.6. The second-order valence-corrected chi connectivity index (χ2v) is 11.8. The number of hydrogen-bond donors (Lipinski definition) is 0. The van der Waals surface area contributed by atoms with E-state index in [4.69, 9.17) is 0 Å². The van der Waals surface area contributed by atoms with E-state index >= 15 is 0 Å². The molecule has 1 fully saturated rings. The molecule has 2 aromatic rings. The molecule has 1 aliphatic rings. The van der Waals surface area contributed by atoms with Crippen LogP contribution in [0.25, 0.3) is 0 Å². The van der Waals surface area contributed by atoms with Crippen LogP contribution in [0.15, 0.2) is 36.4 Å². The fourth-order valence-electron chi connectivity index (χ4n) is 4.70. The summed E-state index contributed by atoms with van der Waals surface area (Å²) in [5.74, 6) is 1.27. The minimum atomic E-state index is -2.37. The summed E-state index contributed by atoms with van der Waals surface area (Å²) < 4.78 is 26.5. The van der Waals surface area contributed by atoms with Crippen molar-refractivity contribution in [2.75, 3.05) is 22.9 Å². The van der Waals surface area contributed by atoms with Crippen molar-refractivity contribution in [2.24, 2.45) is 0 Å². The van der Waals surface area contributed by atoms with Gasteiger partial charge in [-0.15, -0.1) is 0 Å². The van der Waals surface area contributed by atoms with Gasteiger partial charge in [0, 0.05) is 0 Å². The number of anilines is 2. The van der Waals surface area contributed by atoms with Gasteiger partial charge in [0.25, 0.3) is 0 Å². The van der Waals surface area contributed by atoms with Gasteiger partial charge in [-0.2, -0.15) is 0 Å². The Labute approximate surface area is 208 Å². The van der Waals surface area contributed by atoms with Crippen LogP contribution in [0, 0.1) is 0 Å². The first-order valence-electron chi connectivity index (χ1n) is 12.0. The van der Waals surface area contributed by atoms with E-state index in [0.717, 1.165) is 28.4 Å². The molecule has 0 unspecified atom stereocenters. The Morgan fingerprint density at radius 2 is 0.909 bits per heavy atom. The third-order valence-corrected chi connectivity index (χ3v) is 7.83. The van der Waals surface area contributed by atoms with Crippen LogP contribution in [0.4, 0.5) is 20.2 Å². The molecule has 1 heterocycles. The molecule has 5 heteroatoms. The molecule has 0 bridgehead atoms. The number of benzene rings is 2. The van der Waals surface area contributed by atoms with Crippen molar-refractivity contribution in [3.8, 4) is 0 Å². The van der Waals surface area contributed by atoms with E-state index in [9.17, 15) is 8.78 Å². The number of hydrogen-bond acceptors (Lipinski definition) is 2. The maximum atomic E-state index is 14.0. The van der Waals surface area contributed by atoms with E-state index in [1.165, 1.54) is 22.3 Å². The zero-order chi connectivity index (χ0) is 24.4. The van der Waals surface area contributed by atoms with Crippen LogP contribution in [0.3, 0.4) is 0 Å². The molecule has 188 valence electrons. The summed E-state index contributed by atoms with van der Waals surface area (Å²) in [6, 6.07) is 12.9. The Bertz CT molecular complexity index is 869. The number of rotatable bonds is 7. The summed E-state index contributed by atoms with van der Waals surface area (Å²) in [4.78, 5) is 4.44. The summed E-state index contributed by atoms with van der Waals surface area (Å²) in [5.41, 5.74) is 7.23. The molecule has 0 saturated carbocycles. The molecular formula is C28H39AgF2N2-2. The Balaban J connectivity index is 2.26. The van der Waals surface area contributed by atoms with Crippen LogP contribution in [-0.2, 0) is 19.3 Å². The summed E-state index contributed by atoms with van der Waals surface area (Å²) in [7, 11) is 0. The van der Waals surface area contributed by atoms with Crippen LogP contribution < -0.4 is 9.80 Å². The van der Waals surface area contributed by atoms with E-state index in [1.807, 2.05) is 0 Å². The first kappa shape index (κ1) is 26.1. The molecule has 1 aliphatic heterocycles. The predicted molar refractivity (Wildman–Crippen MR) is 135 cm³/mol. The maximum absolute atomic E-state index is 14.0. The summed E-state index contributed by atoms with van der Waals surface area (Å²) in [6.45, 7) is 19.0. The van der Waals surface area contributed by atoms with Crippen LogP contribution in [0.5, 0.6) is 0 Å². The molecule has 0 N–H and O–H groups in total. The SMILES string of the molecule is CC(C)c1cccc(C(C)C)c1N1CCN(c2c(C(C)C)cccc2C(C)C)[C]1=[Ag-2][CH](F)F. The quantitative estimate of drug-likeness (QED) is 0.324. The Kier molecular flexibility index (Phi) is 8.58. The van der Waals surface area contributed by atoms with Gasteiger partial charge in [-0.3, -0.25) is 0 Å². The van der Waals surface area contributed by atoms with Crippen molar-refractivity contribution in [3.63, 3.8) is 0 Å². The molecule has 2 nitrogen and oxygen atoms in total. The van der Waals surface area contributed by atoms with Gasteiger partial charge in [-0.05, 0) is 0 Å².